The lowest BCUT2D eigenvalue weighted by atomic mass is 9.91. The zero-order valence-corrected chi connectivity index (χ0v) is 8.83. The van der Waals surface area contributed by atoms with Crippen LogP contribution in [0.4, 0.5) is 0 Å². The summed E-state index contributed by atoms with van der Waals surface area (Å²) in [6, 6.07) is 0. The third-order valence-electron chi connectivity index (χ3n) is 2.53. The molecule has 0 bridgehead atoms. The first-order valence-electron chi connectivity index (χ1n) is 4.82. The Hall–Kier alpha value is -1.06. The number of carbonyl (C=O) groups excluding carboxylic acids is 2. The van der Waals surface area contributed by atoms with E-state index in [-0.39, 0.29) is 24.6 Å². The first kappa shape index (κ1) is 11.0. The van der Waals surface area contributed by atoms with E-state index in [9.17, 15) is 9.59 Å². The van der Waals surface area contributed by atoms with Crippen molar-refractivity contribution >= 4 is 11.9 Å². The Morgan fingerprint density at radius 3 is 2.64 bits per heavy atom. The molecule has 1 rings (SSSR count). The van der Waals surface area contributed by atoms with Crippen LogP contribution in [0.25, 0.3) is 0 Å². The van der Waals surface area contributed by atoms with E-state index in [2.05, 4.69) is 0 Å². The molecule has 1 heterocycles. The van der Waals surface area contributed by atoms with Crippen molar-refractivity contribution in [3.05, 3.63) is 0 Å². The highest BCUT2D eigenvalue weighted by Gasteiger charge is 2.32. The zero-order chi connectivity index (χ0) is 10.8. The second-order valence-corrected chi connectivity index (χ2v) is 4.15. The number of hydrogen-bond acceptors (Lipinski definition) is 4. The van der Waals surface area contributed by atoms with E-state index in [1.54, 1.807) is 0 Å². The molecule has 0 aromatic carbocycles. The lowest BCUT2D eigenvalue weighted by molar-refractivity contribution is -0.181. The summed E-state index contributed by atoms with van der Waals surface area (Å²) in [7, 11) is 0. The summed E-state index contributed by atoms with van der Waals surface area (Å²) >= 11 is 0. The van der Waals surface area contributed by atoms with Gasteiger partial charge in [-0.15, -0.1) is 0 Å². The number of ether oxygens (including phenoxy) is 2. The van der Waals surface area contributed by atoms with Gasteiger partial charge >= 0.3 is 11.9 Å². The molecule has 0 radical (unpaired) electrons. The minimum atomic E-state index is -0.451. The number of rotatable bonds is 4. The Bertz CT molecular complexity index is 237. The van der Waals surface area contributed by atoms with Crippen molar-refractivity contribution in [1.29, 1.82) is 0 Å². The first-order chi connectivity index (χ1) is 6.45. The summed E-state index contributed by atoms with van der Waals surface area (Å²) in [5, 5.41) is 0. The van der Waals surface area contributed by atoms with Crippen molar-refractivity contribution in [2.45, 2.75) is 39.7 Å². The van der Waals surface area contributed by atoms with E-state index in [1.807, 2.05) is 20.8 Å². The normalized spacial score (nSPS) is 21.1. The molecule has 1 aliphatic heterocycles. The molecule has 1 fully saturated rings. The number of esters is 2. The molecular formula is C10H16O4. The standard InChI is InChI=1S/C10H16O4/c1-4-10(2,3)9(12)13-6-7-5-8(11)14-7/h7H,4-6H2,1-3H3. The van der Waals surface area contributed by atoms with Gasteiger partial charge in [0.05, 0.1) is 11.8 Å². The van der Waals surface area contributed by atoms with E-state index in [1.165, 1.54) is 0 Å². The Morgan fingerprint density at radius 1 is 1.64 bits per heavy atom. The third-order valence-corrected chi connectivity index (χ3v) is 2.53. The van der Waals surface area contributed by atoms with Gasteiger partial charge in [0.25, 0.3) is 0 Å². The van der Waals surface area contributed by atoms with Crippen LogP contribution in [0, 0.1) is 5.41 Å². The molecule has 1 aliphatic rings. The fourth-order valence-corrected chi connectivity index (χ4v) is 0.963. The monoisotopic (exact) mass is 200 g/mol. The van der Waals surface area contributed by atoms with Crippen molar-refractivity contribution < 1.29 is 19.1 Å². The van der Waals surface area contributed by atoms with Gasteiger partial charge in [-0.3, -0.25) is 9.59 Å². The average molecular weight is 200 g/mol. The van der Waals surface area contributed by atoms with Crippen LogP contribution in [-0.2, 0) is 19.1 Å². The summed E-state index contributed by atoms with van der Waals surface area (Å²) < 4.78 is 9.75. The summed E-state index contributed by atoms with van der Waals surface area (Å²) in [5.74, 6) is -0.455. The van der Waals surface area contributed by atoms with Crippen LogP contribution < -0.4 is 0 Å². The maximum Gasteiger partial charge on any atom is 0.311 e. The molecule has 4 heteroatoms. The van der Waals surface area contributed by atoms with Gasteiger partial charge in [0, 0.05) is 0 Å². The predicted octanol–water partition coefficient (Wildman–Crippen LogP) is 1.28. The molecule has 0 aromatic rings. The van der Waals surface area contributed by atoms with Crippen LogP contribution in [0.15, 0.2) is 0 Å². The highest BCUT2D eigenvalue weighted by atomic mass is 16.6. The molecule has 80 valence electrons. The Kier molecular flexibility index (Phi) is 3.13. The molecular weight excluding hydrogens is 184 g/mol. The fourth-order valence-electron chi connectivity index (χ4n) is 0.963. The van der Waals surface area contributed by atoms with Crippen LogP contribution in [0.1, 0.15) is 33.6 Å². The third kappa shape index (κ3) is 2.47. The van der Waals surface area contributed by atoms with Gasteiger partial charge in [0.2, 0.25) is 0 Å². The number of cyclic esters (lactones) is 1. The molecule has 1 unspecified atom stereocenters. The van der Waals surface area contributed by atoms with Crippen LogP contribution >= 0.6 is 0 Å². The van der Waals surface area contributed by atoms with Crippen molar-refractivity contribution in [1.82, 2.24) is 0 Å². The quantitative estimate of drug-likeness (QED) is 0.641. The minimum absolute atomic E-state index is 0.188. The second kappa shape index (κ2) is 3.98. The summed E-state index contributed by atoms with van der Waals surface area (Å²) in [4.78, 5) is 21.9. The highest BCUT2D eigenvalue weighted by Crippen LogP contribution is 2.22. The van der Waals surface area contributed by atoms with Crippen LogP contribution in [-0.4, -0.2) is 24.6 Å². The summed E-state index contributed by atoms with van der Waals surface area (Å²) in [5.41, 5.74) is -0.451. The smallest absolute Gasteiger partial charge is 0.311 e. The maximum atomic E-state index is 11.5. The fraction of sp³-hybridized carbons (Fsp3) is 0.800. The van der Waals surface area contributed by atoms with E-state index in [0.29, 0.717) is 6.42 Å². The van der Waals surface area contributed by atoms with Gasteiger partial charge in [-0.25, -0.2) is 0 Å². The molecule has 0 aromatic heterocycles. The van der Waals surface area contributed by atoms with Gasteiger partial charge < -0.3 is 9.47 Å². The van der Waals surface area contributed by atoms with Crippen LogP contribution in [0.3, 0.4) is 0 Å². The average Bonchev–Trinajstić information content (AvgIpc) is 2.10. The Labute approximate surface area is 83.6 Å². The molecule has 0 amide bonds. The molecule has 0 aliphatic carbocycles. The van der Waals surface area contributed by atoms with Crippen molar-refractivity contribution in [3.63, 3.8) is 0 Å². The van der Waals surface area contributed by atoms with Gasteiger partial charge in [-0.2, -0.15) is 0 Å². The SMILES string of the molecule is CCC(C)(C)C(=O)OCC1CC(=O)O1. The largest absolute Gasteiger partial charge is 0.461 e. The van der Waals surface area contributed by atoms with Gasteiger partial charge in [-0.1, -0.05) is 6.92 Å². The Balaban J connectivity index is 2.24. The van der Waals surface area contributed by atoms with E-state index in [0.717, 1.165) is 6.42 Å². The molecule has 1 atom stereocenters. The van der Waals surface area contributed by atoms with Gasteiger partial charge in [0.1, 0.15) is 12.7 Å². The molecule has 0 N–H and O–H groups in total. The summed E-state index contributed by atoms with van der Waals surface area (Å²) in [6.45, 7) is 5.79. The summed E-state index contributed by atoms with van der Waals surface area (Å²) in [6.07, 6.45) is 0.870. The van der Waals surface area contributed by atoms with Gasteiger partial charge in [0.15, 0.2) is 0 Å². The van der Waals surface area contributed by atoms with E-state index < -0.39 is 5.41 Å². The van der Waals surface area contributed by atoms with Crippen LogP contribution in [0.2, 0.25) is 0 Å². The number of hydrogen-bond donors (Lipinski definition) is 0. The lowest BCUT2D eigenvalue weighted by Gasteiger charge is -2.27. The predicted molar refractivity (Wildman–Crippen MR) is 49.5 cm³/mol. The molecule has 0 saturated carbocycles. The maximum absolute atomic E-state index is 11.5. The van der Waals surface area contributed by atoms with Crippen molar-refractivity contribution in [3.8, 4) is 0 Å². The van der Waals surface area contributed by atoms with Crippen molar-refractivity contribution in [2.75, 3.05) is 6.61 Å². The second-order valence-electron chi connectivity index (χ2n) is 4.15. The Morgan fingerprint density at radius 2 is 2.21 bits per heavy atom. The molecule has 14 heavy (non-hydrogen) atoms. The zero-order valence-electron chi connectivity index (χ0n) is 8.83. The lowest BCUT2D eigenvalue weighted by Crippen LogP contribution is -2.38. The molecule has 4 nitrogen and oxygen atoms in total. The van der Waals surface area contributed by atoms with Crippen LogP contribution in [0.5, 0.6) is 0 Å². The molecule has 1 saturated heterocycles. The van der Waals surface area contributed by atoms with E-state index >= 15 is 0 Å². The number of carbonyl (C=O) groups is 2. The van der Waals surface area contributed by atoms with Crippen molar-refractivity contribution in [2.24, 2.45) is 5.41 Å². The minimum Gasteiger partial charge on any atom is -0.461 e. The molecule has 0 spiro atoms. The highest BCUT2D eigenvalue weighted by molar-refractivity contribution is 5.77. The van der Waals surface area contributed by atoms with E-state index in [4.69, 9.17) is 9.47 Å². The topological polar surface area (TPSA) is 52.6 Å². The van der Waals surface area contributed by atoms with Gasteiger partial charge in [-0.05, 0) is 20.3 Å². The first-order valence-corrected chi connectivity index (χ1v) is 4.82.